The number of hydrogen-bond donors (Lipinski definition) is 2. The molecule has 2 atom stereocenters. The van der Waals surface area contributed by atoms with E-state index in [0.29, 0.717) is 18.0 Å². The standard InChI is InChI=1S/C14H19IN2O2/c1-17(12-4-2-3-9(12)8-16)14(19)11-7-10(15)5-6-13(11)18/h5-7,9,12,18H,2-4,8,16H2,1H3. The molecule has 2 unspecified atom stereocenters. The predicted molar refractivity (Wildman–Crippen MR) is 83.1 cm³/mol. The number of rotatable bonds is 3. The summed E-state index contributed by atoms with van der Waals surface area (Å²) < 4.78 is 0.939. The summed E-state index contributed by atoms with van der Waals surface area (Å²) in [5.74, 6) is 0.291. The van der Waals surface area contributed by atoms with E-state index < -0.39 is 0 Å². The van der Waals surface area contributed by atoms with Crippen LogP contribution in [0.5, 0.6) is 5.75 Å². The normalized spacial score (nSPS) is 22.5. The lowest BCUT2D eigenvalue weighted by molar-refractivity contribution is 0.0697. The second-order valence-corrected chi connectivity index (χ2v) is 6.32. The predicted octanol–water partition coefficient (Wildman–Crippen LogP) is 2.20. The zero-order valence-electron chi connectivity index (χ0n) is 11.0. The molecule has 3 N–H and O–H groups in total. The molecule has 2 rings (SSSR count). The molecule has 0 aromatic heterocycles. The second kappa shape index (κ2) is 6.09. The van der Waals surface area contributed by atoms with Gasteiger partial charge in [-0.15, -0.1) is 0 Å². The van der Waals surface area contributed by atoms with E-state index in [4.69, 9.17) is 5.73 Å². The summed E-state index contributed by atoms with van der Waals surface area (Å²) in [5.41, 5.74) is 6.14. The Kier molecular flexibility index (Phi) is 4.67. The highest BCUT2D eigenvalue weighted by molar-refractivity contribution is 14.1. The largest absolute Gasteiger partial charge is 0.507 e. The molecule has 104 valence electrons. The Bertz CT molecular complexity index is 479. The molecule has 5 heteroatoms. The monoisotopic (exact) mass is 374 g/mol. The van der Waals surface area contributed by atoms with Crippen LogP contribution >= 0.6 is 22.6 Å². The number of hydrogen-bond acceptors (Lipinski definition) is 3. The van der Waals surface area contributed by atoms with Crippen LogP contribution in [0, 0.1) is 9.49 Å². The highest BCUT2D eigenvalue weighted by atomic mass is 127. The van der Waals surface area contributed by atoms with E-state index in [0.717, 1.165) is 22.8 Å². The van der Waals surface area contributed by atoms with Crippen LogP contribution in [0.15, 0.2) is 18.2 Å². The van der Waals surface area contributed by atoms with Crippen LogP contribution in [0.2, 0.25) is 0 Å². The summed E-state index contributed by atoms with van der Waals surface area (Å²) in [7, 11) is 1.81. The Morgan fingerprint density at radius 3 is 2.95 bits per heavy atom. The maximum Gasteiger partial charge on any atom is 0.257 e. The van der Waals surface area contributed by atoms with Gasteiger partial charge in [-0.3, -0.25) is 4.79 Å². The molecule has 1 amide bonds. The van der Waals surface area contributed by atoms with Gasteiger partial charge in [0.2, 0.25) is 0 Å². The molecule has 0 radical (unpaired) electrons. The number of amides is 1. The first kappa shape index (κ1) is 14.6. The van der Waals surface area contributed by atoms with Gasteiger partial charge in [0.15, 0.2) is 0 Å². The van der Waals surface area contributed by atoms with E-state index in [1.807, 2.05) is 0 Å². The van der Waals surface area contributed by atoms with Crippen molar-refractivity contribution in [3.8, 4) is 5.75 Å². The molecule has 19 heavy (non-hydrogen) atoms. The van der Waals surface area contributed by atoms with Crippen LogP contribution in [0.4, 0.5) is 0 Å². The van der Waals surface area contributed by atoms with Crippen LogP contribution in [0.1, 0.15) is 29.6 Å². The summed E-state index contributed by atoms with van der Waals surface area (Å²) in [6, 6.07) is 5.26. The quantitative estimate of drug-likeness (QED) is 0.798. The van der Waals surface area contributed by atoms with Crippen LogP contribution in [0.25, 0.3) is 0 Å². The van der Waals surface area contributed by atoms with Gasteiger partial charge in [-0.05, 0) is 66.1 Å². The van der Waals surface area contributed by atoms with Crippen LogP contribution in [-0.2, 0) is 0 Å². The highest BCUT2D eigenvalue weighted by Crippen LogP contribution is 2.30. The first-order valence-electron chi connectivity index (χ1n) is 6.50. The van der Waals surface area contributed by atoms with Crippen molar-refractivity contribution >= 4 is 28.5 Å². The molecule has 1 fully saturated rings. The SMILES string of the molecule is CN(C(=O)c1cc(I)ccc1O)C1CCCC1CN. The molecule has 0 bridgehead atoms. The van der Waals surface area contributed by atoms with E-state index in [1.165, 1.54) is 0 Å². The summed E-state index contributed by atoms with van der Waals surface area (Å²) in [6.45, 7) is 0.612. The Labute approximate surface area is 127 Å². The van der Waals surface area contributed by atoms with Gasteiger partial charge >= 0.3 is 0 Å². The fourth-order valence-corrected chi connectivity index (χ4v) is 3.31. The molecule has 1 aromatic carbocycles. The number of phenols is 1. The summed E-state index contributed by atoms with van der Waals surface area (Å²) in [5, 5.41) is 9.84. The number of phenolic OH excluding ortho intramolecular Hbond substituents is 1. The molecule has 1 aliphatic rings. The molecule has 0 heterocycles. The van der Waals surface area contributed by atoms with Gasteiger partial charge in [0, 0.05) is 16.7 Å². The van der Waals surface area contributed by atoms with Crippen molar-refractivity contribution in [2.75, 3.05) is 13.6 Å². The number of halogens is 1. The third-order valence-corrected chi connectivity index (χ3v) is 4.60. The number of benzene rings is 1. The molecule has 4 nitrogen and oxygen atoms in total. The molecule has 0 spiro atoms. The smallest absolute Gasteiger partial charge is 0.257 e. The lowest BCUT2D eigenvalue weighted by atomic mass is 10.0. The first-order chi connectivity index (χ1) is 9.04. The summed E-state index contributed by atoms with van der Waals surface area (Å²) in [4.78, 5) is 14.2. The number of carbonyl (C=O) groups is 1. The second-order valence-electron chi connectivity index (χ2n) is 5.07. The van der Waals surface area contributed by atoms with Crippen molar-refractivity contribution in [3.05, 3.63) is 27.3 Å². The first-order valence-corrected chi connectivity index (χ1v) is 7.58. The number of nitrogens with zero attached hydrogens (tertiary/aromatic N) is 1. The number of aromatic hydroxyl groups is 1. The minimum atomic E-state index is -0.124. The summed E-state index contributed by atoms with van der Waals surface area (Å²) in [6.07, 6.45) is 3.19. The Morgan fingerprint density at radius 1 is 1.53 bits per heavy atom. The number of carbonyl (C=O) groups excluding carboxylic acids is 1. The van der Waals surface area contributed by atoms with Gasteiger partial charge in [-0.2, -0.15) is 0 Å². The van der Waals surface area contributed by atoms with Gasteiger partial charge in [0.05, 0.1) is 5.56 Å². The Balaban J connectivity index is 2.21. The maximum absolute atomic E-state index is 12.5. The molecule has 0 saturated heterocycles. The van der Waals surface area contributed by atoms with Crippen molar-refractivity contribution in [3.63, 3.8) is 0 Å². The molecule has 0 aliphatic heterocycles. The van der Waals surface area contributed by atoms with E-state index >= 15 is 0 Å². The van der Waals surface area contributed by atoms with Gasteiger partial charge in [0.1, 0.15) is 5.75 Å². The zero-order chi connectivity index (χ0) is 14.0. The van der Waals surface area contributed by atoms with Gasteiger partial charge < -0.3 is 15.7 Å². The Hall–Kier alpha value is -0.820. The molecule has 1 aliphatic carbocycles. The lowest BCUT2D eigenvalue weighted by Gasteiger charge is -2.29. The van der Waals surface area contributed by atoms with Gasteiger partial charge in [-0.25, -0.2) is 0 Å². The van der Waals surface area contributed by atoms with Crippen molar-refractivity contribution in [2.24, 2.45) is 11.7 Å². The topological polar surface area (TPSA) is 66.6 Å². The molecular weight excluding hydrogens is 355 g/mol. The van der Waals surface area contributed by atoms with E-state index in [2.05, 4.69) is 22.6 Å². The molecule has 1 saturated carbocycles. The minimum Gasteiger partial charge on any atom is -0.507 e. The van der Waals surface area contributed by atoms with Crippen LogP contribution in [-0.4, -0.2) is 35.5 Å². The fourth-order valence-electron chi connectivity index (χ4n) is 2.82. The van der Waals surface area contributed by atoms with E-state index in [9.17, 15) is 9.90 Å². The summed E-state index contributed by atoms with van der Waals surface area (Å²) >= 11 is 2.14. The van der Waals surface area contributed by atoms with Crippen LogP contribution in [0.3, 0.4) is 0 Å². The van der Waals surface area contributed by atoms with Crippen molar-refractivity contribution in [2.45, 2.75) is 25.3 Å². The fraction of sp³-hybridized carbons (Fsp3) is 0.500. The Morgan fingerprint density at radius 2 is 2.26 bits per heavy atom. The van der Waals surface area contributed by atoms with E-state index in [1.54, 1.807) is 30.1 Å². The van der Waals surface area contributed by atoms with Crippen LogP contribution < -0.4 is 5.73 Å². The third-order valence-electron chi connectivity index (χ3n) is 3.93. The van der Waals surface area contributed by atoms with Gasteiger partial charge in [-0.1, -0.05) is 6.42 Å². The minimum absolute atomic E-state index is 0.0413. The van der Waals surface area contributed by atoms with E-state index in [-0.39, 0.29) is 17.7 Å². The molecular formula is C14H19IN2O2. The van der Waals surface area contributed by atoms with Crippen molar-refractivity contribution in [1.29, 1.82) is 0 Å². The van der Waals surface area contributed by atoms with Gasteiger partial charge in [0.25, 0.3) is 5.91 Å². The maximum atomic E-state index is 12.5. The average molecular weight is 374 g/mol. The average Bonchev–Trinajstić information content (AvgIpc) is 2.88. The van der Waals surface area contributed by atoms with Crippen molar-refractivity contribution in [1.82, 2.24) is 4.90 Å². The molecule has 1 aromatic rings. The number of nitrogens with two attached hydrogens (primary N) is 1. The lowest BCUT2D eigenvalue weighted by Crippen LogP contribution is -2.41. The highest BCUT2D eigenvalue weighted by Gasteiger charge is 2.32. The zero-order valence-corrected chi connectivity index (χ0v) is 13.1. The van der Waals surface area contributed by atoms with Crippen molar-refractivity contribution < 1.29 is 9.90 Å². The third kappa shape index (κ3) is 3.02.